The van der Waals surface area contributed by atoms with Crippen molar-refractivity contribution in [1.82, 2.24) is 0 Å². The van der Waals surface area contributed by atoms with Crippen molar-refractivity contribution in [2.24, 2.45) is 0 Å². The predicted molar refractivity (Wildman–Crippen MR) is 68.1 cm³/mol. The molecule has 0 radical (unpaired) electrons. The summed E-state index contributed by atoms with van der Waals surface area (Å²) in [6.45, 7) is 0. The van der Waals surface area contributed by atoms with E-state index in [0.717, 1.165) is 6.07 Å². The highest BCUT2D eigenvalue weighted by atomic mass is 35.5. The lowest BCUT2D eigenvalue weighted by atomic mass is 10.2. The van der Waals surface area contributed by atoms with E-state index < -0.39 is 11.8 Å². The number of nitrogens with one attached hydrogen (secondary N) is 1. The van der Waals surface area contributed by atoms with E-state index in [-0.39, 0.29) is 11.3 Å². The van der Waals surface area contributed by atoms with Gasteiger partial charge in [0, 0.05) is 10.7 Å². The Balaban J connectivity index is 2.33. The molecule has 2 aromatic carbocycles. The topological polar surface area (TPSA) is 49.3 Å². The zero-order valence-corrected chi connectivity index (χ0v) is 9.91. The lowest BCUT2D eigenvalue weighted by Crippen LogP contribution is -2.00. The van der Waals surface area contributed by atoms with Gasteiger partial charge in [0.25, 0.3) is 0 Å². The summed E-state index contributed by atoms with van der Waals surface area (Å²) < 4.78 is 13.5. The molecule has 0 heterocycles. The van der Waals surface area contributed by atoms with Gasteiger partial charge in [-0.15, -0.1) is 0 Å². The van der Waals surface area contributed by atoms with E-state index in [1.54, 1.807) is 24.3 Å². The molecule has 2 aromatic rings. The zero-order chi connectivity index (χ0) is 13.1. The van der Waals surface area contributed by atoms with E-state index in [0.29, 0.717) is 10.7 Å². The van der Waals surface area contributed by atoms with Crippen molar-refractivity contribution in [2.45, 2.75) is 0 Å². The van der Waals surface area contributed by atoms with Crippen LogP contribution in [0.1, 0.15) is 10.4 Å². The van der Waals surface area contributed by atoms with E-state index in [1.165, 1.54) is 12.1 Å². The maximum absolute atomic E-state index is 13.5. The summed E-state index contributed by atoms with van der Waals surface area (Å²) in [6, 6.07) is 10.3. The van der Waals surface area contributed by atoms with Crippen LogP contribution in [0.2, 0.25) is 5.02 Å². The molecule has 0 aliphatic carbocycles. The van der Waals surface area contributed by atoms with Crippen molar-refractivity contribution in [1.29, 1.82) is 0 Å². The highest BCUT2D eigenvalue weighted by Crippen LogP contribution is 2.23. The van der Waals surface area contributed by atoms with Gasteiger partial charge < -0.3 is 10.4 Å². The maximum atomic E-state index is 13.5. The lowest BCUT2D eigenvalue weighted by molar-refractivity contribution is 0.0697. The fourth-order valence-electron chi connectivity index (χ4n) is 1.48. The van der Waals surface area contributed by atoms with Gasteiger partial charge in [0.15, 0.2) is 0 Å². The maximum Gasteiger partial charge on any atom is 0.335 e. The summed E-state index contributed by atoms with van der Waals surface area (Å²) in [6.07, 6.45) is 0. The van der Waals surface area contributed by atoms with E-state index in [9.17, 15) is 9.18 Å². The summed E-state index contributed by atoms with van der Waals surface area (Å²) in [7, 11) is 0. The third-order valence-electron chi connectivity index (χ3n) is 2.32. The molecule has 0 bridgehead atoms. The highest BCUT2D eigenvalue weighted by molar-refractivity contribution is 6.30. The molecule has 3 nitrogen and oxygen atoms in total. The third kappa shape index (κ3) is 2.78. The van der Waals surface area contributed by atoms with Crippen molar-refractivity contribution >= 4 is 28.9 Å². The van der Waals surface area contributed by atoms with Gasteiger partial charge in [0.05, 0.1) is 11.3 Å². The predicted octanol–water partition coefficient (Wildman–Crippen LogP) is 3.92. The first-order valence-electron chi connectivity index (χ1n) is 5.12. The van der Waals surface area contributed by atoms with Crippen LogP contribution in [0.25, 0.3) is 0 Å². The lowest BCUT2D eigenvalue weighted by Gasteiger charge is -2.08. The van der Waals surface area contributed by atoms with Crippen LogP contribution < -0.4 is 5.32 Å². The number of rotatable bonds is 3. The number of carboxylic acids is 1. The van der Waals surface area contributed by atoms with E-state index in [2.05, 4.69) is 5.32 Å². The third-order valence-corrected chi connectivity index (χ3v) is 2.55. The molecule has 92 valence electrons. The van der Waals surface area contributed by atoms with E-state index >= 15 is 0 Å². The molecule has 18 heavy (non-hydrogen) atoms. The number of halogens is 2. The van der Waals surface area contributed by atoms with Crippen molar-refractivity contribution in [2.75, 3.05) is 5.32 Å². The minimum atomic E-state index is -1.11. The molecule has 5 heteroatoms. The Bertz CT molecular complexity index is 601. The first kappa shape index (κ1) is 12.4. The van der Waals surface area contributed by atoms with Crippen LogP contribution in [0.4, 0.5) is 15.8 Å². The molecule has 0 unspecified atom stereocenters. The first-order valence-corrected chi connectivity index (χ1v) is 5.49. The van der Waals surface area contributed by atoms with Crippen molar-refractivity contribution < 1.29 is 14.3 Å². The number of aromatic carboxylic acids is 1. The van der Waals surface area contributed by atoms with Gasteiger partial charge in [-0.2, -0.15) is 0 Å². The van der Waals surface area contributed by atoms with Gasteiger partial charge in [-0.1, -0.05) is 17.7 Å². The second kappa shape index (κ2) is 5.06. The van der Waals surface area contributed by atoms with Gasteiger partial charge in [-0.25, -0.2) is 9.18 Å². The summed E-state index contributed by atoms with van der Waals surface area (Å²) >= 11 is 5.80. The number of hydrogen-bond donors (Lipinski definition) is 2. The molecule has 0 fully saturated rings. The minimum absolute atomic E-state index is 0.0147. The molecule has 0 saturated carbocycles. The molecule has 0 aliphatic heterocycles. The first-order chi connectivity index (χ1) is 8.56. The van der Waals surface area contributed by atoms with Crippen LogP contribution in [0.15, 0.2) is 42.5 Å². The van der Waals surface area contributed by atoms with Crippen LogP contribution in [-0.4, -0.2) is 11.1 Å². The number of hydrogen-bond acceptors (Lipinski definition) is 2. The standard InChI is InChI=1S/C13H9ClFNO2/c14-9-2-1-3-10(7-9)16-12-6-8(13(17)18)4-5-11(12)15/h1-7,16H,(H,17,18). The second-order valence-electron chi connectivity index (χ2n) is 3.64. The molecule has 0 amide bonds. The van der Waals surface area contributed by atoms with Crippen LogP contribution in [0, 0.1) is 5.82 Å². The molecule has 2 rings (SSSR count). The fourth-order valence-corrected chi connectivity index (χ4v) is 1.67. The number of benzene rings is 2. The Morgan fingerprint density at radius 1 is 1.22 bits per heavy atom. The Morgan fingerprint density at radius 3 is 2.67 bits per heavy atom. The molecular formula is C13H9ClFNO2. The second-order valence-corrected chi connectivity index (χ2v) is 4.07. The molecule has 0 saturated heterocycles. The van der Waals surface area contributed by atoms with Crippen LogP contribution in [-0.2, 0) is 0 Å². The van der Waals surface area contributed by atoms with Crippen molar-refractivity contribution in [3.05, 3.63) is 58.9 Å². The quantitative estimate of drug-likeness (QED) is 0.884. The Morgan fingerprint density at radius 2 is 2.00 bits per heavy atom. The van der Waals surface area contributed by atoms with Gasteiger partial charge in [0.2, 0.25) is 0 Å². The van der Waals surface area contributed by atoms with Crippen LogP contribution >= 0.6 is 11.6 Å². The molecule has 0 aliphatic rings. The largest absolute Gasteiger partial charge is 0.478 e. The average Bonchev–Trinajstić information content (AvgIpc) is 2.31. The summed E-state index contributed by atoms with van der Waals surface area (Å²) in [5.74, 6) is -1.64. The minimum Gasteiger partial charge on any atom is -0.478 e. The monoisotopic (exact) mass is 265 g/mol. The van der Waals surface area contributed by atoms with Crippen LogP contribution in [0.5, 0.6) is 0 Å². The van der Waals surface area contributed by atoms with E-state index in [4.69, 9.17) is 16.7 Å². The Hall–Kier alpha value is -2.07. The zero-order valence-electron chi connectivity index (χ0n) is 9.15. The average molecular weight is 266 g/mol. The van der Waals surface area contributed by atoms with Gasteiger partial charge in [-0.3, -0.25) is 0 Å². The number of carbonyl (C=O) groups is 1. The summed E-state index contributed by atoms with van der Waals surface area (Å²) in [4.78, 5) is 10.8. The smallest absolute Gasteiger partial charge is 0.335 e. The Kier molecular flexibility index (Phi) is 3.48. The van der Waals surface area contributed by atoms with Gasteiger partial charge in [-0.05, 0) is 36.4 Å². The van der Waals surface area contributed by atoms with Crippen molar-refractivity contribution in [3.63, 3.8) is 0 Å². The Labute approximate surface area is 108 Å². The molecular weight excluding hydrogens is 257 g/mol. The SMILES string of the molecule is O=C(O)c1ccc(F)c(Nc2cccc(Cl)c2)c1. The highest BCUT2D eigenvalue weighted by Gasteiger charge is 2.08. The van der Waals surface area contributed by atoms with Gasteiger partial charge in [0.1, 0.15) is 5.82 Å². The molecule has 0 spiro atoms. The molecule has 0 aromatic heterocycles. The summed E-state index contributed by atoms with van der Waals surface area (Å²) in [5, 5.41) is 12.1. The van der Waals surface area contributed by atoms with Gasteiger partial charge >= 0.3 is 5.97 Å². The fraction of sp³-hybridized carbons (Fsp3) is 0. The normalized spacial score (nSPS) is 10.1. The number of carboxylic acid groups (broad SMARTS) is 1. The summed E-state index contributed by atoms with van der Waals surface area (Å²) in [5.41, 5.74) is 0.696. The molecule has 2 N–H and O–H groups in total. The number of anilines is 2. The van der Waals surface area contributed by atoms with E-state index in [1.807, 2.05) is 0 Å². The molecule has 0 atom stereocenters. The van der Waals surface area contributed by atoms with Crippen LogP contribution in [0.3, 0.4) is 0 Å². The van der Waals surface area contributed by atoms with Crippen molar-refractivity contribution in [3.8, 4) is 0 Å².